The molecule has 2 N–H and O–H groups in total. The molecule has 76 valence electrons. The zero-order chi connectivity index (χ0) is 10.0. The molecule has 4 nitrogen and oxygen atoms in total. The second-order valence-corrected chi connectivity index (χ2v) is 3.66. The zero-order valence-corrected chi connectivity index (χ0v) is 7.70. The van der Waals surface area contributed by atoms with Crippen molar-refractivity contribution in [1.82, 2.24) is 9.97 Å². The van der Waals surface area contributed by atoms with Crippen molar-refractivity contribution in [3.63, 3.8) is 0 Å². The summed E-state index contributed by atoms with van der Waals surface area (Å²) in [6, 6.07) is 0. The van der Waals surface area contributed by atoms with E-state index in [1.165, 1.54) is 0 Å². The minimum absolute atomic E-state index is 0.353. The van der Waals surface area contributed by atoms with Gasteiger partial charge in [0.2, 0.25) is 5.95 Å². The van der Waals surface area contributed by atoms with E-state index in [9.17, 15) is 9.50 Å². The van der Waals surface area contributed by atoms with Crippen LogP contribution in [0.1, 0.15) is 19.3 Å². The Hall–Kier alpha value is -1.23. The highest BCUT2D eigenvalue weighted by atomic mass is 19.1. The summed E-state index contributed by atoms with van der Waals surface area (Å²) in [5, 5.41) is 12.6. The fourth-order valence-electron chi connectivity index (χ4n) is 1.41. The summed E-state index contributed by atoms with van der Waals surface area (Å²) in [6.07, 6.45) is 4.87. The smallest absolute Gasteiger partial charge is 0.222 e. The summed E-state index contributed by atoms with van der Waals surface area (Å²) >= 11 is 0. The van der Waals surface area contributed by atoms with Crippen LogP contribution < -0.4 is 5.32 Å². The van der Waals surface area contributed by atoms with E-state index in [0.29, 0.717) is 12.5 Å². The van der Waals surface area contributed by atoms with E-state index in [2.05, 4.69) is 15.3 Å². The molecule has 0 aliphatic heterocycles. The van der Waals surface area contributed by atoms with Crippen molar-refractivity contribution in [3.8, 4) is 0 Å². The molecule has 0 amide bonds. The third-order valence-corrected chi connectivity index (χ3v) is 2.48. The molecule has 0 bridgehead atoms. The van der Waals surface area contributed by atoms with Gasteiger partial charge < -0.3 is 10.4 Å². The molecule has 1 aromatic rings. The van der Waals surface area contributed by atoms with Crippen molar-refractivity contribution in [3.05, 3.63) is 18.2 Å². The molecular formula is C9H12FN3O. The van der Waals surface area contributed by atoms with E-state index < -0.39 is 11.4 Å². The second-order valence-electron chi connectivity index (χ2n) is 3.66. The second kappa shape index (κ2) is 3.49. The fraction of sp³-hybridized carbons (Fsp3) is 0.556. The largest absolute Gasteiger partial charge is 0.388 e. The fourth-order valence-corrected chi connectivity index (χ4v) is 1.41. The molecular weight excluding hydrogens is 185 g/mol. The van der Waals surface area contributed by atoms with E-state index in [1.54, 1.807) is 0 Å². The lowest BCUT2D eigenvalue weighted by atomic mass is 9.80. The molecule has 14 heavy (non-hydrogen) atoms. The Kier molecular flexibility index (Phi) is 2.33. The molecule has 1 aliphatic rings. The first-order valence-electron chi connectivity index (χ1n) is 4.62. The maximum absolute atomic E-state index is 12.4. The van der Waals surface area contributed by atoms with Gasteiger partial charge >= 0.3 is 0 Å². The number of aliphatic hydroxyl groups is 1. The van der Waals surface area contributed by atoms with Gasteiger partial charge in [-0.1, -0.05) is 0 Å². The van der Waals surface area contributed by atoms with Crippen molar-refractivity contribution in [2.45, 2.75) is 24.9 Å². The molecule has 0 unspecified atom stereocenters. The molecule has 1 aromatic heterocycles. The van der Waals surface area contributed by atoms with Gasteiger partial charge in [0.1, 0.15) is 0 Å². The summed E-state index contributed by atoms with van der Waals surface area (Å²) in [4.78, 5) is 7.46. The minimum atomic E-state index is -0.613. The molecule has 0 saturated heterocycles. The van der Waals surface area contributed by atoms with Crippen molar-refractivity contribution < 1.29 is 9.50 Å². The molecule has 0 radical (unpaired) electrons. The van der Waals surface area contributed by atoms with Gasteiger partial charge in [-0.25, -0.2) is 14.4 Å². The summed E-state index contributed by atoms with van der Waals surface area (Å²) in [7, 11) is 0. The van der Waals surface area contributed by atoms with E-state index >= 15 is 0 Å². The van der Waals surface area contributed by atoms with Crippen molar-refractivity contribution >= 4 is 5.95 Å². The number of rotatable bonds is 3. The first kappa shape index (κ1) is 9.33. The zero-order valence-electron chi connectivity index (χ0n) is 7.70. The topological polar surface area (TPSA) is 58.0 Å². The summed E-state index contributed by atoms with van der Waals surface area (Å²) in [5.41, 5.74) is -0.613. The predicted octanol–water partition coefficient (Wildman–Crippen LogP) is 0.943. The van der Waals surface area contributed by atoms with Gasteiger partial charge in [0, 0.05) is 6.54 Å². The van der Waals surface area contributed by atoms with E-state index in [1.807, 2.05) is 0 Å². The number of halogens is 1. The van der Waals surface area contributed by atoms with Gasteiger partial charge in [-0.05, 0) is 19.3 Å². The maximum atomic E-state index is 12.4. The van der Waals surface area contributed by atoms with Crippen LogP contribution in [0.4, 0.5) is 10.3 Å². The van der Waals surface area contributed by atoms with Gasteiger partial charge in [0.05, 0.1) is 18.0 Å². The third kappa shape index (κ3) is 1.98. The Bertz CT molecular complexity index is 310. The van der Waals surface area contributed by atoms with E-state index in [-0.39, 0.29) is 0 Å². The molecule has 0 spiro atoms. The summed E-state index contributed by atoms with van der Waals surface area (Å²) in [5.74, 6) is -0.107. The normalized spacial score (nSPS) is 18.7. The third-order valence-electron chi connectivity index (χ3n) is 2.48. The molecule has 1 saturated carbocycles. The van der Waals surface area contributed by atoms with Gasteiger partial charge in [0.25, 0.3) is 0 Å². The van der Waals surface area contributed by atoms with Gasteiger partial charge in [0.15, 0.2) is 5.82 Å². The number of nitrogens with zero attached hydrogens (tertiary/aromatic N) is 2. The van der Waals surface area contributed by atoms with E-state index in [0.717, 1.165) is 31.7 Å². The van der Waals surface area contributed by atoms with Crippen LogP contribution in [-0.4, -0.2) is 27.2 Å². The van der Waals surface area contributed by atoms with Crippen LogP contribution >= 0.6 is 0 Å². The van der Waals surface area contributed by atoms with Crippen LogP contribution in [0, 0.1) is 5.82 Å². The van der Waals surface area contributed by atoms with Gasteiger partial charge in [-0.3, -0.25) is 0 Å². The van der Waals surface area contributed by atoms with Crippen LogP contribution in [0.15, 0.2) is 12.4 Å². The number of nitrogens with one attached hydrogen (secondary N) is 1. The molecule has 0 aromatic carbocycles. The average Bonchev–Trinajstić information content (AvgIpc) is 2.14. The Morgan fingerprint density at radius 1 is 1.43 bits per heavy atom. The number of anilines is 1. The first-order valence-corrected chi connectivity index (χ1v) is 4.62. The van der Waals surface area contributed by atoms with Crippen molar-refractivity contribution in [1.29, 1.82) is 0 Å². The Balaban J connectivity index is 1.88. The number of hydrogen-bond acceptors (Lipinski definition) is 4. The van der Waals surface area contributed by atoms with Crippen LogP contribution in [0.2, 0.25) is 0 Å². The molecule has 5 heteroatoms. The molecule has 2 rings (SSSR count). The lowest BCUT2D eigenvalue weighted by Crippen LogP contribution is -2.43. The molecule has 1 fully saturated rings. The van der Waals surface area contributed by atoms with Crippen LogP contribution in [0.5, 0.6) is 0 Å². The van der Waals surface area contributed by atoms with Crippen molar-refractivity contribution in [2.24, 2.45) is 0 Å². The monoisotopic (exact) mass is 197 g/mol. The van der Waals surface area contributed by atoms with Crippen LogP contribution in [0.25, 0.3) is 0 Å². The Morgan fingerprint density at radius 2 is 2.07 bits per heavy atom. The first-order chi connectivity index (χ1) is 6.68. The predicted molar refractivity (Wildman–Crippen MR) is 49.3 cm³/mol. The maximum Gasteiger partial charge on any atom is 0.222 e. The molecule has 1 heterocycles. The van der Waals surface area contributed by atoms with Gasteiger partial charge in [-0.2, -0.15) is 0 Å². The molecule has 0 atom stereocenters. The highest BCUT2D eigenvalue weighted by Crippen LogP contribution is 2.31. The van der Waals surface area contributed by atoms with Crippen LogP contribution in [-0.2, 0) is 0 Å². The minimum Gasteiger partial charge on any atom is -0.388 e. The quantitative estimate of drug-likeness (QED) is 0.757. The Morgan fingerprint density at radius 3 is 2.57 bits per heavy atom. The summed E-state index contributed by atoms with van der Waals surface area (Å²) in [6.45, 7) is 0.429. The lowest BCUT2D eigenvalue weighted by molar-refractivity contribution is -0.0203. The SMILES string of the molecule is OC1(CNc2ncc(F)cn2)CCC1. The van der Waals surface area contributed by atoms with Crippen molar-refractivity contribution in [2.75, 3.05) is 11.9 Å². The number of aromatic nitrogens is 2. The van der Waals surface area contributed by atoms with Gasteiger partial charge in [-0.15, -0.1) is 0 Å². The number of hydrogen-bond donors (Lipinski definition) is 2. The Labute approximate surface area is 81.2 Å². The molecule has 1 aliphatic carbocycles. The van der Waals surface area contributed by atoms with E-state index in [4.69, 9.17) is 0 Å². The summed E-state index contributed by atoms with van der Waals surface area (Å²) < 4.78 is 12.4. The highest BCUT2D eigenvalue weighted by molar-refractivity contribution is 5.23. The standard InChI is InChI=1S/C9H12FN3O/c10-7-4-11-8(12-5-7)13-6-9(14)2-1-3-9/h4-5,14H,1-3,6H2,(H,11,12,13). The van der Waals surface area contributed by atoms with Crippen LogP contribution in [0.3, 0.4) is 0 Å². The average molecular weight is 197 g/mol. The lowest BCUT2D eigenvalue weighted by Gasteiger charge is -2.36. The highest BCUT2D eigenvalue weighted by Gasteiger charge is 2.34.